The van der Waals surface area contributed by atoms with Crippen LogP contribution >= 0.6 is 0 Å². The van der Waals surface area contributed by atoms with Crippen LogP contribution in [0.4, 0.5) is 5.82 Å². The van der Waals surface area contributed by atoms with Gasteiger partial charge < -0.3 is 19.7 Å². The van der Waals surface area contributed by atoms with Gasteiger partial charge in [0, 0.05) is 42.5 Å². The molecule has 0 radical (unpaired) electrons. The molecule has 2 aromatic heterocycles. The normalized spacial score (nSPS) is 18.0. The van der Waals surface area contributed by atoms with Crippen LogP contribution in [0.25, 0.3) is 11.5 Å². The average Bonchev–Trinajstić information content (AvgIpc) is 3.37. The predicted octanol–water partition coefficient (Wildman–Crippen LogP) is 2.55. The summed E-state index contributed by atoms with van der Waals surface area (Å²) in [4.78, 5) is 28.5. The first kappa shape index (κ1) is 21.5. The van der Waals surface area contributed by atoms with Crippen molar-refractivity contribution >= 4 is 11.7 Å². The number of anilines is 1. The molecule has 1 unspecified atom stereocenters. The number of nitrogens with one attached hydrogen (secondary N) is 1. The molecule has 31 heavy (non-hydrogen) atoms. The minimum Gasteiger partial charge on any atom is -0.488 e. The minimum atomic E-state index is -0.272. The smallest absolute Gasteiger partial charge is 0.239 e. The number of pyridine rings is 1. The molecular weight excluding hydrogens is 394 g/mol. The van der Waals surface area contributed by atoms with Gasteiger partial charge in [0.15, 0.2) is 5.82 Å². The third kappa shape index (κ3) is 5.31. The van der Waals surface area contributed by atoms with Crippen molar-refractivity contribution in [1.82, 2.24) is 20.3 Å². The first-order valence-corrected chi connectivity index (χ1v) is 10.9. The van der Waals surface area contributed by atoms with Crippen LogP contribution < -0.4 is 15.0 Å². The molecule has 0 spiro atoms. The number of amides is 1. The second-order valence-electron chi connectivity index (χ2n) is 9.28. The molecule has 2 aliphatic rings. The van der Waals surface area contributed by atoms with Crippen molar-refractivity contribution < 1.29 is 14.3 Å². The van der Waals surface area contributed by atoms with Gasteiger partial charge in [0.1, 0.15) is 23.4 Å². The second kappa shape index (κ2) is 8.78. The van der Waals surface area contributed by atoms with E-state index in [4.69, 9.17) is 19.4 Å². The molecule has 0 saturated carbocycles. The lowest BCUT2D eigenvalue weighted by Gasteiger charge is -2.25. The highest BCUT2D eigenvalue weighted by atomic mass is 16.5. The Morgan fingerprint density at radius 3 is 2.90 bits per heavy atom. The zero-order chi connectivity index (χ0) is 22.0. The van der Waals surface area contributed by atoms with E-state index in [1.165, 1.54) is 0 Å². The molecule has 0 bridgehead atoms. The Morgan fingerprint density at radius 1 is 1.32 bits per heavy atom. The fourth-order valence-electron chi connectivity index (χ4n) is 4.00. The monoisotopic (exact) mass is 425 g/mol. The molecule has 0 aromatic carbocycles. The minimum absolute atomic E-state index is 0.0331. The van der Waals surface area contributed by atoms with Gasteiger partial charge >= 0.3 is 0 Å². The van der Waals surface area contributed by atoms with Gasteiger partial charge in [0.25, 0.3) is 0 Å². The number of likely N-dealkylation sites (N-methyl/N-ethyl adjacent to an activating group) is 1. The van der Waals surface area contributed by atoms with Gasteiger partial charge in [0.2, 0.25) is 5.91 Å². The third-order valence-corrected chi connectivity index (χ3v) is 5.32. The van der Waals surface area contributed by atoms with E-state index in [2.05, 4.69) is 10.3 Å². The largest absolute Gasteiger partial charge is 0.488 e. The molecule has 2 aromatic rings. The van der Waals surface area contributed by atoms with E-state index in [1.54, 1.807) is 6.20 Å². The number of nitrogens with zero attached hydrogens (tertiary/aromatic N) is 4. The van der Waals surface area contributed by atoms with E-state index < -0.39 is 0 Å². The molecule has 1 saturated heterocycles. The maximum Gasteiger partial charge on any atom is 0.239 e. The Hall–Kier alpha value is -2.74. The van der Waals surface area contributed by atoms with Crippen LogP contribution in [-0.4, -0.2) is 59.3 Å². The van der Waals surface area contributed by atoms with E-state index in [0.29, 0.717) is 18.1 Å². The number of fused-ring (bicyclic) bond motifs is 1. The van der Waals surface area contributed by atoms with E-state index in [9.17, 15) is 4.79 Å². The number of aryl methyl sites for hydroxylation is 1. The Balaban J connectivity index is 1.59. The molecule has 8 nitrogen and oxygen atoms in total. The number of hydrogen-bond donors (Lipinski definition) is 1. The quantitative estimate of drug-likeness (QED) is 0.761. The summed E-state index contributed by atoms with van der Waals surface area (Å²) in [7, 11) is 1.90. The molecule has 1 amide bonds. The first-order chi connectivity index (χ1) is 14.8. The number of ether oxygens (including phenoxy) is 2. The molecule has 1 aliphatic carbocycles. The van der Waals surface area contributed by atoms with E-state index in [1.807, 2.05) is 44.9 Å². The van der Waals surface area contributed by atoms with Crippen LogP contribution in [0.15, 0.2) is 18.3 Å². The first-order valence-electron chi connectivity index (χ1n) is 10.9. The van der Waals surface area contributed by atoms with Crippen molar-refractivity contribution in [3.63, 3.8) is 0 Å². The second-order valence-corrected chi connectivity index (χ2v) is 9.28. The van der Waals surface area contributed by atoms with Crippen molar-refractivity contribution in [1.29, 1.82) is 0 Å². The van der Waals surface area contributed by atoms with Crippen molar-refractivity contribution in [3.8, 4) is 17.3 Å². The maximum absolute atomic E-state index is 12.5. The number of carbonyl (C=O) groups excluding carboxylic acids is 1. The van der Waals surface area contributed by atoms with Crippen LogP contribution in [0.2, 0.25) is 0 Å². The van der Waals surface area contributed by atoms with Crippen molar-refractivity contribution in [2.45, 2.75) is 58.1 Å². The Morgan fingerprint density at radius 2 is 2.16 bits per heavy atom. The van der Waals surface area contributed by atoms with E-state index in [-0.39, 0.29) is 24.1 Å². The summed E-state index contributed by atoms with van der Waals surface area (Å²) in [5.74, 6) is 2.07. The Labute approximate surface area is 183 Å². The zero-order valence-electron chi connectivity index (χ0n) is 18.8. The van der Waals surface area contributed by atoms with Gasteiger partial charge in [-0.1, -0.05) is 0 Å². The molecular formula is C23H31N5O3. The number of carbonyl (C=O) groups is 1. The highest BCUT2D eigenvalue weighted by molar-refractivity contribution is 5.82. The SMILES string of the molecule is CN(CC(=O)NC(C)(C)C)c1nc(-c2cc(OC3CCOC3)ccn2)nc2c1CCC2. The number of rotatable bonds is 6. The van der Waals surface area contributed by atoms with E-state index in [0.717, 1.165) is 55.1 Å². The lowest BCUT2D eigenvalue weighted by atomic mass is 10.1. The summed E-state index contributed by atoms with van der Waals surface area (Å²) in [6, 6.07) is 3.73. The van der Waals surface area contributed by atoms with Gasteiger partial charge in [-0.15, -0.1) is 0 Å². The van der Waals surface area contributed by atoms with Crippen LogP contribution in [0.5, 0.6) is 5.75 Å². The molecule has 1 fully saturated rings. The third-order valence-electron chi connectivity index (χ3n) is 5.32. The predicted molar refractivity (Wildman–Crippen MR) is 118 cm³/mol. The summed E-state index contributed by atoms with van der Waals surface area (Å²) in [5, 5.41) is 3.01. The highest BCUT2D eigenvalue weighted by Gasteiger charge is 2.25. The molecule has 1 N–H and O–H groups in total. The number of hydrogen-bond acceptors (Lipinski definition) is 7. The van der Waals surface area contributed by atoms with Gasteiger partial charge in [-0.25, -0.2) is 9.97 Å². The van der Waals surface area contributed by atoms with Crippen LogP contribution in [0, 0.1) is 0 Å². The lowest BCUT2D eigenvalue weighted by Crippen LogP contribution is -2.45. The number of aromatic nitrogens is 3. The van der Waals surface area contributed by atoms with Gasteiger partial charge in [-0.2, -0.15) is 0 Å². The standard InChI is InChI=1S/C23H31N5O3/c1-23(2,3)27-20(29)13-28(4)22-17-6-5-7-18(17)25-21(26-22)19-12-15(8-10-24-19)31-16-9-11-30-14-16/h8,10,12,16H,5-7,9,11,13-14H2,1-4H3,(H,27,29). The fraction of sp³-hybridized carbons (Fsp3) is 0.565. The molecule has 1 atom stereocenters. The van der Waals surface area contributed by atoms with Crippen LogP contribution in [-0.2, 0) is 22.4 Å². The Kier molecular flexibility index (Phi) is 6.09. The van der Waals surface area contributed by atoms with Gasteiger partial charge in [0.05, 0.1) is 19.8 Å². The summed E-state index contributed by atoms with van der Waals surface area (Å²) in [6.45, 7) is 7.50. The van der Waals surface area contributed by atoms with Crippen LogP contribution in [0.3, 0.4) is 0 Å². The van der Waals surface area contributed by atoms with Crippen molar-refractivity contribution in [2.75, 3.05) is 31.7 Å². The molecule has 8 heteroatoms. The summed E-state index contributed by atoms with van der Waals surface area (Å²) in [6.07, 6.45) is 5.56. The molecule has 1 aliphatic heterocycles. The van der Waals surface area contributed by atoms with Gasteiger partial charge in [-0.05, 0) is 46.1 Å². The Bertz CT molecular complexity index is 951. The highest BCUT2D eigenvalue weighted by Crippen LogP contribution is 2.31. The van der Waals surface area contributed by atoms with Crippen LogP contribution in [0.1, 0.15) is 44.9 Å². The van der Waals surface area contributed by atoms with E-state index >= 15 is 0 Å². The summed E-state index contributed by atoms with van der Waals surface area (Å²) < 4.78 is 11.4. The average molecular weight is 426 g/mol. The summed E-state index contributed by atoms with van der Waals surface area (Å²) in [5.41, 5.74) is 2.57. The van der Waals surface area contributed by atoms with Gasteiger partial charge in [-0.3, -0.25) is 9.78 Å². The maximum atomic E-state index is 12.5. The zero-order valence-corrected chi connectivity index (χ0v) is 18.8. The van der Waals surface area contributed by atoms with Crippen molar-refractivity contribution in [2.24, 2.45) is 0 Å². The fourth-order valence-corrected chi connectivity index (χ4v) is 4.00. The summed E-state index contributed by atoms with van der Waals surface area (Å²) >= 11 is 0. The lowest BCUT2D eigenvalue weighted by molar-refractivity contribution is -0.121. The molecule has 166 valence electrons. The topological polar surface area (TPSA) is 89.5 Å². The van der Waals surface area contributed by atoms with Crippen molar-refractivity contribution in [3.05, 3.63) is 29.6 Å². The molecule has 4 rings (SSSR count). The molecule has 3 heterocycles.